The molecule has 2 aliphatic rings. The van der Waals surface area contributed by atoms with E-state index in [4.69, 9.17) is 4.74 Å². The van der Waals surface area contributed by atoms with Crippen molar-refractivity contribution in [2.45, 2.75) is 56.6 Å². The molecule has 2 saturated heterocycles. The van der Waals surface area contributed by atoms with Gasteiger partial charge in [-0.15, -0.1) is 0 Å². The first kappa shape index (κ1) is 14.4. The van der Waals surface area contributed by atoms with E-state index in [1.165, 1.54) is 0 Å². The lowest BCUT2D eigenvalue weighted by atomic mass is 9.81. The average molecular weight is 291 g/mol. The Balaban J connectivity index is 1.67. The van der Waals surface area contributed by atoms with Crippen LogP contribution in [0.3, 0.4) is 0 Å². The van der Waals surface area contributed by atoms with E-state index in [2.05, 4.69) is 0 Å². The minimum atomic E-state index is -0.516. The maximum Gasteiger partial charge on any atom is 0.410 e. The summed E-state index contributed by atoms with van der Waals surface area (Å²) in [6.45, 7) is 0.210. The molecule has 2 fully saturated rings. The van der Waals surface area contributed by atoms with E-state index >= 15 is 0 Å². The Morgan fingerprint density at radius 1 is 1.05 bits per heavy atom. The number of rotatable bonds is 2. The van der Waals surface area contributed by atoms with Crippen molar-refractivity contribution in [2.75, 3.05) is 0 Å². The first-order valence-electron chi connectivity index (χ1n) is 7.52. The predicted molar refractivity (Wildman–Crippen MR) is 76.5 cm³/mol. The number of piperidine rings is 2. The molecule has 0 unspecified atom stereocenters. The van der Waals surface area contributed by atoms with Crippen molar-refractivity contribution in [3.8, 4) is 0 Å². The fourth-order valence-electron chi connectivity index (χ4n) is 3.41. The summed E-state index contributed by atoms with van der Waals surface area (Å²) in [5, 5.41) is 20.2. The monoisotopic (exact) mass is 291 g/mol. The van der Waals surface area contributed by atoms with Gasteiger partial charge in [0, 0.05) is 0 Å². The summed E-state index contributed by atoms with van der Waals surface area (Å²) in [6, 6.07) is 9.04. The summed E-state index contributed by atoms with van der Waals surface area (Å²) in [5.41, 5.74) is 0.925. The second-order valence-electron chi connectivity index (χ2n) is 5.87. The standard InChI is InChI=1S/C16H21NO4/c18-14-8-6-12-15(19)9-7-13(14)17(12)16(20)21-10-11-4-2-1-3-5-11/h1-5,12-15,18-19H,6-10H2/t12-,13-,14-,15-/m1/s1. The molecule has 114 valence electrons. The van der Waals surface area contributed by atoms with E-state index in [9.17, 15) is 15.0 Å². The Labute approximate surface area is 124 Å². The smallest absolute Gasteiger partial charge is 0.410 e. The zero-order chi connectivity index (χ0) is 14.8. The Hall–Kier alpha value is -1.59. The lowest BCUT2D eigenvalue weighted by molar-refractivity contribution is -0.0888. The van der Waals surface area contributed by atoms with E-state index in [1.807, 2.05) is 30.3 Å². The fourth-order valence-corrected chi connectivity index (χ4v) is 3.41. The highest BCUT2D eigenvalue weighted by atomic mass is 16.6. The van der Waals surface area contributed by atoms with E-state index in [0.29, 0.717) is 25.7 Å². The van der Waals surface area contributed by atoms with Crippen LogP contribution in [0.4, 0.5) is 4.79 Å². The molecule has 1 amide bonds. The highest BCUT2D eigenvalue weighted by Gasteiger charge is 2.46. The molecule has 0 radical (unpaired) electrons. The van der Waals surface area contributed by atoms with Gasteiger partial charge in [0.2, 0.25) is 0 Å². The summed E-state index contributed by atoms with van der Waals surface area (Å²) in [4.78, 5) is 13.9. The van der Waals surface area contributed by atoms with E-state index < -0.39 is 18.3 Å². The lowest BCUT2D eigenvalue weighted by Crippen LogP contribution is -2.62. The minimum absolute atomic E-state index is 0.210. The number of hydrogen-bond acceptors (Lipinski definition) is 4. The quantitative estimate of drug-likeness (QED) is 0.869. The zero-order valence-corrected chi connectivity index (χ0v) is 11.9. The molecule has 2 aliphatic heterocycles. The molecule has 0 aromatic heterocycles. The lowest BCUT2D eigenvalue weighted by Gasteiger charge is -2.49. The Kier molecular flexibility index (Phi) is 4.12. The van der Waals surface area contributed by atoms with Crippen LogP contribution in [0, 0.1) is 0 Å². The van der Waals surface area contributed by atoms with Crippen molar-refractivity contribution in [3.63, 3.8) is 0 Å². The van der Waals surface area contributed by atoms with Crippen molar-refractivity contribution in [1.82, 2.24) is 4.90 Å². The molecule has 1 aromatic rings. The Bertz CT molecular complexity index is 474. The van der Waals surface area contributed by atoms with Gasteiger partial charge < -0.3 is 14.9 Å². The molecule has 5 nitrogen and oxygen atoms in total. The third-order valence-electron chi connectivity index (χ3n) is 4.54. The molecule has 2 bridgehead atoms. The van der Waals surface area contributed by atoms with Gasteiger partial charge in [0.1, 0.15) is 6.61 Å². The summed E-state index contributed by atoms with van der Waals surface area (Å²) >= 11 is 0. The van der Waals surface area contributed by atoms with Crippen LogP contribution in [0.15, 0.2) is 30.3 Å². The second kappa shape index (κ2) is 6.03. The number of benzene rings is 1. The molecule has 21 heavy (non-hydrogen) atoms. The van der Waals surface area contributed by atoms with Gasteiger partial charge >= 0.3 is 6.09 Å². The fraction of sp³-hybridized carbons (Fsp3) is 0.562. The molecule has 3 rings (SSSR count). The van der Waals surface area contributed by atoms with Crippen molar-refractivity contribution >= 4 is 6.09 Å². The maximum atomic E-state index is 12.4. The molecule has 0 saturated carbocycles. The normalized spacial score (nSPS) is 31.8. The van der Waals surface area contributed by atoms with E-state index in [1.54, 1.807) is 4.90 Å². The summed E-state index contributed by atoms with van der Waals surface area (Å²) in [6.07, 6.45) is 1.05. The summed E-state index contributed by atoms with van der Waals surface area (Å²) in [5.74, 6) is 0. The van der Waals surface area contributed by atoms with Gasteiger partial charge in [-0.2, -0.15) is 0 Å². The van der Waals surface area contributed by atoms with Gasteiger partial charge in [-0.3, -0.25) is 4.90 Å². The number of aliphatic hydroxyl groups is 2. The topological polar surface area (TPSA) is 70.0 Å². The molecule has 5 heteroatoms. The first-order chi connectivity index (χ1) is 10.2. The molecule has 0 spiro atoms. The molecule has 2 heterocycles. The first-order valence-corrected chi connectivity index (χ1v) is 7.52. The van der Waals surface area contributed by atoms with Crippen molar-refractivity contribution in [3.05, 3.63) is 35.9 Å². The SMILES string of the molecule is O=C(OCc1ccccc1)N1[C@@H]2CC[C@@H](O)[C@H]1CC[C@H]2O. The molecule has 4 atom stereocenters. The third kappa shape index (κ3) is 2.89. The molecule has 2 N–H and O–H groups in total. The highest BCUT2D eigenvalue weighted by Crippen LogP contribution is 2.34. The van der Waals surface area contributed by atoms with Gasteiger partial charge in [0.15, 0.2) is 0 Å². The van der Waals surface area contributed by atoms with Crippen LogP contribution in [-0.2, 0) is 11.3 Å². The van der Waals surface area contributed by atoms with Crippen molar-refractivity contribution in [2.24, 2.45) is 0 Å². The van der Waals surface area contributed by atoms with Crippen molar-refractivity contribution < 1.29 is 19.7 Å². The molecule has 0 aliphatic carbocycles. The summed E-state index contributed by atoms with van der Waals surface area (Å²) < 4.78 is 5.37. The highest BCUT2D eigenvalue weighted by molar-refractivity contribution is 5.69. The van der Waals surface area contributed by atoms with Crippen LogP contribution in [0.2, 0.25) is 0 Å². The Morgan fingerprint density at radius 2 is 1.62 bits per heavy atom. The number of ether oxygens (including phenoxy) is 1. The second-order valence-corrected chi connectivity index (χ2v) is 5.87. The van der Waals surface area contributed by atoms with Gasteiger partial charge in [-0.1, -0.05) is 30.3 Å². The number of carbonyl (C=O) groups is 1. The molecule has 1 aromatic carbocycles. The number of nitrogens with zero attached hydrogens (tertiary/aromatic N) is 1. The Morgan fingerprint density at radius 3 is 2.19 bits per heavy atom. The third-order valence-corrected chi connectivity index (χ3v) is 4.54. The number of hydrogen-bond donors (Lipinski definition) is 2. The molecular formula is C16H21NO4. The van der Waals surface area contributed by atoms with Gasteiger partial charge in [-0.05, 0) is 31.2 Å². The van der Waals surface area contributed by atoms with Crippen molar-refractivity contribution in [1.29, 1.82) is 0 Å². The van der Waals surface area contributed by atoms with Crippen LogP contribution < -0.4 is 0 Å². The largest absolute Gasteiger partial charge is 0.445 e. The van der Waals surface area contributed by atoms with Crippen LogP contribution >= 0.6 is 0 Å². The van der Waals surface area contributed by atoms with Crippen LogP contribution in [0.25, 0.3) is 0 Å². The number of amides is 1. The van der Waals surface area contributed by atoms with E-state index in [0.717, 1.165) is 5.56 Å². The van der Waals surface area contributed by atoms with Gasteiger partial charge in [0.05, 0.1) is 24.3 Å². The molecular weight excluding hydrogens is 270 g/mol. The van der Waals surface area contributed by atoms with Crippen LogP contribution in [0.5, 0.6) is 0 Å². The maximum absolute atomic E-state index is 12.4. The summed E-state index contributed by atoms with van der Waals surface area (Å²) in [7, 11) is 0. The van der Waals surface area contributed by atoms with Crippen LogP contribution in [0.1, 0.15) is 31.2 Å². The number of fused-ring (bicyclic) bond motifs is 2. The average Bonchev–Trinajstić information content (AvgIpc) is 2.51. The predicted octanol–water partition coefficient (Wildman–Crippen LogP) is 1.67. The number of carbonyl (C=O) groups excluding carboxylic acids is 1. The zero-order valence-electron chi connectivity index (χ0n) is 11.9. The van der Waals surface area contributed by atoms with E-state index in [-0.39, 0.29) is 18.7 Å². The van der Waals surface area contributed by atoms with Crippen LogP contribution in [-0.4, -0.2) is 45.5 Å². The minimum Gasteiger partial charge on any atom is -0.445 e. The number of aliphatic hydroxyl groups excluding tert-OH is 2. The van der Waals surface area contributed by atoms with Gasteiger partial charge in [0.25, 0.3) is 0 Å². The van der Waals surface area contributed by atoms with Gasteiger partial charge in [-0.25, -0.2) is 4.79 Å².